The van der Waals surface area contributed by atoms with Gasteiger partial charge < -0.3 is 9.64 Å². The summed E-state index contributed by atoms with van der Waals surface area (Å²) in [7, 11) is 0. The highest BCUT2D eigenvalue weighted by atomic mass is 16.5. The fourth-order valence-corrected chi connectivity index (χ4v) is 10.7. The molecule has 2 aliphatic carbocycles. The largest absolute Gasteiger partial charge is 0.457 e. The number of fused-ring (bicyclic) bond motifs is 12. The molecule has 0 radical (unpaired) electrons. The van der Waals surface area contributed by atoms with Crippen LogP contribution in [0.1, 0.15) is 47.2 Å². The van der Waals surface area contributed by atoms with Crippen LogP contribution in [0.4, 0.5) is 17.1 Å². The first kappa shape index (κ1) is 34.6. The van der Waals surface area contributed by atoms with Gasteiger partial charge in [0.15, 0.2) is 0 Å². The third-order valence-corrected chi connectivity index (χ3v) is 13.4. The highest BCUT2D eigenvalue weighted by Gasteiger charge is 2.52. The van der Waals surface area contributed by atoms with Crippen molar-refractivity contribution in [3.63, 3.8) is 0 Å². The molecule has 0 amide bonds. The maximum absolute atomic E-state index is 6.65. The van der Waals surface area contributed by atoms with E-state index in [1.54, 1.807) is 0 Å². The summed E-state index contributed by atoms with van der Waals surface area (Å²) in [6, 6.07) is 77.7. The monoisotopic (exact) mass is 767 g/mol. The van der Waals surface area contributed by atoms with Crippen LogP contribution in [0.3, 0.4) is 0 Å². The van der Waals surface area contributed by atoms with E-state index in [2.05, 4.69) is 231 Å². The molecule has 0 aromatic heterocycles. The van der Waals surface area contributed by atoms with Crippen LogP contribution in [0.15, 0.2) is 212 Å². The number of hydrogen-bond donors (Lipinski definition) is 0. The summed E-state index contributed by atoms with van der Waals surface area (Å²) in [5.74, 6) is 1.80. The van der Waals surface area contributed by atoms with Crippen LogP contribution >= 0.6 is 0 Å². The first-order valence-electron chi connectivity index (χ1n) is 20.9. The van der Waals surface area contributed by atoms with Crippen molar-refractivity contribution in [2.75, 3.05) is 4.90 Å². The van der Waals surface area contributed by atoms with Crippen molar-refractivity contribution in [2.45, 2.75) is 24.7 Å². The van der Waals surface area contributed by atoms with Crippen molar-refractivity contribution in [1.29, 1.82) is 0 Å². The van der Waals surface area contributed by atoms with Gasteiger partial charge in [-0.25, -0.2) is 0 Å². The standard InChI is InChI=1S/C58H41NO/c1-57(2)49-21-8-6-17-45(49)47-36-35-43(37-53(47)57)59(41-31-27-39(28-32-41)38-15-4-3-5-16-38)42-33-29-40(30-34-42)44-19-14-20-48-46-18-7-9-22-50(46)58(56(44)48)51-23-10-12-25-54(51)60-55-26-13-11-24-52(55)58/h3-37H,1-2H3. The molecule has 0 atom stereocenters. The highest BCUT2D eigenvalue weighted by Crippen LogP contribution is 2.64. The van der Waals surface area contributed by atoms with Gasteiger partial charge in [-0.2, -0.15) is 0 Å². The van der Waals surface area contributed by atoms with Crippen LogP contribution in [0.5, 0.6) is 11.5 Å². The third kappa shape index (κ3) is 4.88. The number of benzene rings is 9. The molecular weight excluding hydrogens is 727 g/mol. The summed E-state index contributed by atoms with van der Waals surface area (Å²) in [6.07, 6.45) is 0. The SMILES string of the molecule is CC1(C)c2ccccc2-c2ccc(N(c3ccc(-c4ccccc4)cc3)c3ccc(-c4cccc5c4C4(c6ccccc6Oc6ccccc64)c4ccccc4-5)cc3)cc21. The van der Waals surface area contributed by atoms with Gasteiger partial charge in [-0.3, -0.25) is 0 Å². The zero-order valence-corrected chi connectivity index (χ0v) is 33.6. The summed E-state index contributed by atoms with van der Waals surface area (Å²) < 4.78 is 6.65. The van der Waals surface area contributed by atoms with Crippen molar-refractivity contribution in [2.24, 2.45) is 0 Å². The smallest absolute Gasteiger partial charge is 0.132 e. The fraction of sp³-hybridized carbons (Fsp3) is 0.0690. The van der Waals surface area contributed by atoms with E-state index in [1.807, 2.05) is 0 Å². The second-order valence-corrected chi connectivity index (χ2v) is 16.8. The van der Waals surface area contributed by atoms with Gasteiger partial charge in [0.05, 0.1) is 5.41 Å². The molecule has 9 aromatic rings. The second-order valence-electron chi connectivity index (χ2n) is 16.8. The van der Waals surface area contributed by atoms with Crippen LogP contribution < -0.4 is 9.64 Å². The minimum Gasteiger partial charge on any atom is -0.457 e. The lowest BCUT2D eigenvalue weighted by Gasteiger charge is -2.40. The predicted octanol–water partition coefficient (Wildman–Crippen LogP) is 15.3. The minimum atomic E-state index is -0.548. The number of hydrogen-bond acceptors (Lipinski definition) is 2. The van der Waals surface area contributed by atoms with E-state index in [0.29, 0.717) is 0 Å². The first-order chi connectivity index (χ1) is 29.5. The number of rotatable bonds is 5. The van der Waals surface area contributed by atoms with Gasteiger partial charge in [-0.1, -0.05) is 178 Å². The Balaban J connectivity index is 1.03. The Kier molecular flexibility index (Phi) is 7.52. The lowest BCUT2D eigenvalue weighted by atomic mass is 9.64. The summed E-state index contributed by atoms with van der Waals surface area (Å²) in [5, 5.41) is 0. The molecule has 2 nitrogen and oxygen atoms in total. The molecule has 0 saturated carbocycles. The second kappa shape index (κ2) is 13.0. The van der Waals surface area contributed by atoms with E-state index in [-0.39, 0.29) is 5.41 Å². The lowest BCUT2D eigenvalue weighted by molar-refractivity contribution is 0.436. The molecule has 3 aliphatic rings. The van der Waals surface area contributed by atoms with Crippen LogP contribution in [0.2, 0.25) is 0 Å². The van der Waals surface area contributed by atoms with Crippen LogP contribution in [0, 0.1) is 0 Å². The number of ether oxygens (including phenoxy) is 1. The van der Waals surface area contributed by atoms with Crippen molar-refractivity contribution in [1.82, 2.24) is 0 Å². The maximum Gasteiger partial charge on any atom is 0.132 e. The zero-order chi connectivity index (χ0) is 40.0. The number of anilines is 3. The molecule has 284 valence electrons. The molecule has 1 aliphatic heterocycles. The molecule has 0 unspecified atom stereocenters. The van der Waals surface area contributed by atoms with Crippen molar-refractivity contribution in [3.05, 3.63) is 246 Å². The first-order valence-corrected chi connectivity index (χ1v) is 20.9. The molecule has 2 heteroatoms. The molecule has 0 fully saturated rings. The van der Waals surface area contributed by atoms with Gasteiger partial charge in [-0.05, 0) is 115 Å². The quantitative estimate of drug-likeness (QED) is 0.173. The average molecular weight is 768 g/mol. The molecule has 60 heavy (non-hydrogen) atoms. The highest BCUT2D eigenvalue weighted by molar-refractivity contribution is 5.95. The van der Waals surface area contributed by atoms with Gasteiger partial charge >= 0.3 is 0 Å². The van der Waals surface area contributed by atoms with Gasteiger partial charge in [0, 0.05) is 33.6 Å². The van der Waals surface area contributed by atoms with E-state index in [9.17, 15) is 0 Å². The number of nitrogens with zero attached hydrogens (tertiary/aromatic N) is 1. The zero-order valence-electron chi connectivity index (χ0n) is 33.6. The van der Waals surface area contributed by atoms with Crippen molar-refractivity contribution >= 4 is 17.1 Å². The molecular formula is C58H41NO. The minimum absolute atomic E-state index is 0.114. The molecule has 12 rings (SSSR count). The fourth-order valence-electron chi connectivity index (χ4n) is 10.7. The lowest BCUT2D eigenvalue weighted by Crippen LogP contribution is -2.32. The van der Waals surface area contributed by atoms with Crippen LogP contribution in [-0.4, -0.2) is 0 Å². The summed E-state index contributed by atoms with van der Waals surface area (Å²) in [4.78, 5) is 2.41. The average Bonchev–Trinajstić information content (AvgIpc) is 3.73. The Morgan fingerprint density at radius 3 is 1.47 bits per heavy atom. The molecule has 0 N–H and O–H groups in total. The Morgan fingerprint density at radius 2 is 0.800 bits per heavy atom. The van der Waals surface area contributed by atoms with Crippen LogP contribution in [-0.2, 0) is 10.8 Å². The van der Waals surface area contributed by atoms with Gasteiger partial charge in [0.1, 0.15) is 11.5 Å². The van der Waals surface area contributed by atoms with Crippen LogP contribution in [0.25, 0.3) is 44.5 Å². The summed E-state index contributed by atoms with van der Waals surface area (Å²) in [6.45, 7) is 4.71. The van der Waals surface area contributed by atoms with E-state index in [4.69, 9.17) is 4.74 Å². The van der Waals surface area contributed by atoms with Gasteiger partial charge in [-0.15, -0.1) is 0 Å². The van der Waals surface area contributed by atoms with E-state index in [0.717, 1.165) is 28.6 Å². The van der Waals surface area contributed by atoms with E-state index in [1.165, 1.54) is 77.9 Å². The Morgan fingerprint density at radius 1 is 0.333 bits per heavy atom. The maximum atomic E-state index is 6.65. The molecule has 1 heterocycles. The molecule has 1 spiro atoms. The van der Waals surface area contributed by atoms with Gasteiger partial charge in [0.2, 0.25) is 0 Å². The molecule has 9 aromatic carbocycles. The summed E-state index contributed by atoms with van der Waals surface area (Å²) in [5.41, 5.74) is 20.3. The number of para-hydroxylation sites is 2. The molecule has 0 bridgehead atoms. The van der Waals surface area contributed by atoms with Gasteiger partial charge in [0.25, 0.3) is 0 Å². The normalized spacial score (nSPS) is 14.2. The topological polar surface area (TPSA) is 12.5 Å². The predicted molar refractivity (Wildman–Crippen MR) is 247 cm³/mol. The Labute approximate surface area is 351 Å². The van der Waals surface area contributed by atoms with Crippen molar-refractivity contribution < 1.29 is 4.74 Å². The van der Waals surface area contributed by atoms with Crippen molar-refractivity contribution in [3.8, 4) is 56.0 Å². The summed E-state index contributed by atoms with van der Waals surface area (Å²) >= 11 is 0. The molecule has 0 saturated heterocycles. The Hall–Kier alpha value is -7.42. The van der Waals surface area contributed by atoms with E-state index >= 15 is 0 Å². The Bertz CT molecular complexity index is 3090. The third-order valence-electron chi connectivity index (χ3n) is 13.4. The van der Waals surface area contributed by atoms with E-state index < -0.39 is 5.41 Å².